The van der Waals surface area contributed by atoms with Crippen molar-refractivity contribution in [2.45, 2.75) is 9.10 Å². The third-order valence-corrected chi connectivity index (χ3v) is 5.77. The summed E-state index contributed by atoms with van der Waals surface area (Å²) in [6.45, 7) is 0. The van der Waals surface area contributed by atoms with E-state index in [2.05, 4.69) is 59.7 Å². The molecule has 0 radical (unpaired) electrons. The van der Waals surface area contributed by atoms with Crippen LogP contribution >= 0.6 is 58.3 Å². The molecule has 0 atom stereocenters. The average molecular weight is 338 g/mol. The van der Waals surface area contributed by atoms with E-state index in [4.69, 9.17) is 0 Å². The molecule has 0 saturated heterocycles. The lowest BCUT2D eigenvalue weighted by molar-refractivity contribution is 1.50. The maximum atomic E-state index is 4.51. The zero-order valence-corrected chi connectivity index (χ0v) is 11.6. The van der Waals surface area contributed by atoms with Gasteiger partial charge in [-0.25, -0.2) is 0 Å². The number of thioether (sulfide) groups is 1. The maximum Gasteiger partial charge on any atom is 0.0608 e. The van der Waals surface area contributed by atoms with Crippen LogP contribution in [0.3, 0.4) is 0 Å². The topological polar surface area (TPSA) is 0 Å². The van der Waals surface area contributed by atoms with Gasteiger partial charge >= 0.3 is 0 Å². The van der Waals surface area contributed by atoms with Crippen LogP contribution in [0.4, 0.5) is 0 Å². The van der Waals surface area contributed by atoms with Crippen LogP contribution in [0.15, 0.2) is 27.3 Å². The molecule has 1 heterocycles. The molecule has 2 aromatic rings. The second-order valence-electron chi connectivity index (χ2n) is 2.58. The van der Waals surface area contributed by atoms with Crippen LogP contribution in [0.2, 0.25) is 0 Å². The van der Waals surface area contributed by atoms with E-state index < -0.39 is 0 Å². The predicted molar refractivity (Wildman–Crippen MR) is 73.6 cm³/mol. The highest BCUT2D eigenvalue weighted by Gasteiger charge is 2.05. The fraction of sp³-hybridized carbons (Fsp3) is 0.111. The summed E-state index contributed by atoms with van der Waals surface area (Å²) in [5.74, 6) is 0. The summed E-state index contributed by atoms with van der Waals surface area (Å²) in [7, 11) is 0. The standard InChI is InChI=1S/C9H7IS3/c1-12-8-4-5-7(13-8)3-2-6(10)9(5)11/h2-4,11H,1H3. The Morgan fingerprint density at radius 3 is 2.92 bits per heavy atom. The van der Waals surface area contributed by atoms with Crippen molar-refractivity contribution in [2.24, 2.45) is 0 Å². The Morgan fingerprint density at radius 1 is 1.46 bits per heavy atom. The van der Waals surface area contributed by atoms with Crippen molar-refractivity contribution in [2.75, 3.05) is 6.26 Å². The van der Waals surface area contributed by atoms with Crippen LogP contribution in [0.5, 0.6) is 0 Å². The molecule has 0 aliphatic carbocycles. The number of hydrogen-bond acceptors (Lipinski definition) is 3. The van der Waals surface area contributed by atoms with E-state index in [-0.39, 0.29) is 0 Å². The smallest absolute Gasteiger partial charge is 0.0608 e. The molecular weight excluding hydrogens is 331 g/mol. The SMILES string of the molecule is CSc1cc2c(S)c(I)ccc2s1. The molecule has 0 spiro atoms. The minimum atomic E-state index is 1.11. The van der Waals surface area contributed by atoms with Crippen LogP contribution in [-0.4, -0.2) is 6.26 Å². The van der Waals surface area contributed by atoms with Crippen molar-refractivity contribution < 1.29 is 0 Å². The van der Waals surface area contributed by atoms with Crippen molar-refractivity contribution in [1.82, 2.24) is 0 Å². The van der Waals surface area contributed by atoms with E-state index >= 15 is 0 Å². The van der Waals surface area contributed by atoms with E-state index in [1.54, 1.807) is 11.8 Å². The first-order valence-electron chi connectivity index (χ1n) is 3.67. The summed E-state index contributed by atoms with van der Waals surface area (Å²) in [6.07, 6.45) is 2.11. The minimum absolute atomic E-state index is 1.11. The molecule has 0 aliphatic rings. The summed E-state index contributed by atoms with van der Waals surface area (Å²) in [4.78, 5) is 1.11. The monoisotopic (exact) mass is 338 g/mol. The van der Waals surface area contributed by atoms with Crippen molar-refractivity contribution in [3.8, 4) is 0 Å². The highest BCUT2D eigenvalue weighted by molar-refractivity contribution is 14.1. The Labute approximate surface area is 105 Å². The molecule has 0 nitrogen and oxygen atoms in total. The first-order valence-corrected chi connectivity index (χ1v) is 7.24. The van der Waals surface area contributed by atoms with Gasteiger partial charge in [0.15, 0.2) is 0 Å². The number of hydrogen-bond donors (Lipinski definition) is 1. The van der Waals surface area contributed by atoms with Crippen LogP contribution in [0.1, 0.15) is 0 Å². The van der Waals surface area contributed by atoms with Crippen LogP contribution in [0, 0.1) is 3.57 Å². The average Bonchev–Trinajstić information content (AvgIpc) is 2.55. The fourth-order valence-electron chi connectivity index (χ4n) is 1.15. The summed E-state index contributed by atoms with van der Waals surface area (Å²) in [5.41, 5.74) is 0. The van der Waals surface area contributed by atoms with E-state index in [0.29, 0.717) is 0 Å². The van der Waals surface area contributed by atoms with E-state index in [1.165, 1.54) is 17.9 Å². The maximum absolute atomic E-state index is 4.51. The molecule has 0 bridgehead atoms. The number of thiophene rings is 1. The third kappa shape index (κ3) is 1.86. The molecule has 0 unspecified atom stereocenters. The summed E-state index contributed by atoms with van der Waals surface area (Å²) in [6, 6.07) is 6.50. The van der Waals surface area contributed by atoms with E-state index in [0.717, 1.165) is 4.90 Å². The first kappa shape index (κ1) is 10.1. The van der Waals surface area contributed by atoms with Gasteiger partial charge < -0.3 is 0 Å². The summed E-state index contributed by atoms with van der Waals surface area (Å²) in [5, 5.41) is 1.28. The molecule has 1 aromatic heterocycles. The van der Waals surface area contributed by atoms with E-state index in [9.17, 15) is 0 Å². The number of fused-ring (bicyclic) bond motifs is 1. The zero-order valence-electron chi connectivity index (χ0n) is 6.87. The van der Waals surface area contributed by atoms with Gasteiger partial charge in [0, 0.05) is 18.6 Å². The molecule has 0 saturated carbocycles. The summed E-state index contributed by atoms with van der Waals surface area (Å²) >= 11 is 10.4. The Bertz CT molecular complexity index is 447. The van der Waals surface area contributed by atoms with Gasteiger partial charge in [0.1, 0.15) is 0 Å². The second kappa shape index (κ2) is 4.00. The van der Waals surface area contributed by atoms with E-state index in [1.807, 2.05) is 11.3 Å². The number of thiol groups is 1. The van der Waals surface area contributed by atoms with Crippen LogP contribution < -0.4 is 0 Å². The molecule has 4 heteroatoms. The minimum Gasteiger partial charge on any atom is -0.142 e. The molecule has 0 aliphatic heterocycles. The van der Waals surface area contributed by atoms with Gasteiger partial charge in [-0.2, -0.15) is 0 Å². The fourth-order valence-corrected chi connectivity index (χ4v) is 3.59. The van der Waals surface area contributed by atoms with Gasteiger partial charge in [0.2, 0.25) is 0 Å². The van der Waals surface area contributed by atoms with Gasteiger partial charge in [-0.15, -0.1) is 35.7 Å². The lowest BCUT2D eigenvalue weighted by Gasteiger charge is -1.96. The highest BCUT2D eigenvalue weighted by atomic mass is 127. The molecule has 68 valence electrons. The Hall–Kier alpha value is 0.610. The predicted octanol–water partition coefficient (Wildman–Crippen LogP) is 4.52. The van der Waals surface area contributed by atoms with Crippen LogP contribution in [0.25, 0.3) is 10.1 Å². The molecule has 13 heavy (non-hydrogen) atoms. The Balaban J connectivity index is 2.76. The van der Waals surface area contributed by atoms with Gasteiger partial charge in [0.05, 0.1) is 4.21 Å². The Morgan fingerprint density at radius 2 is 2.23 bits per heavy atom. The van der Waals surface area contributed by atoms with Crippen molar-refractivity contribution in [3.05, 3.63) is 21.8 Å². The van der Waals surface area contributed by atoms with Gasteiger partial charge in [-0.05, 0) is 47.0 Å². The molecule has 0 amide bonds. The highest BCUT2D eigenvalue weighted by Crippen LogP contribution is 2.36. The Kier molecular flexibility index (Phi) is 3.12. The molecule has 2 rings (SSSR count). The number of halogens is 1. The molecule has 1 aromatic carbocycles. The van der Waals surface area contributed by atoms with Gasteiger partial charge in [-0.1, -0.05) is 0 Å². The third-order valence-electron chi connectivity index (χ3n) is 1.80. The molecular formula is C9H7IS3. The summed E-state index contributed by atoms with van der Waals surface area (Å²) < 4.78 is 3.90. The first-order chi connectivity index (χ1) is 6.22. The lowest BCUT2D eigenvalue weighted by Crippen LogP contribution is -1.73. The van der Waals surface area contributed by atoms with Gasteiger partial charge in [0.25, 0.3) is 0 Å². The van der Waals surface area contributed by atoms with Crippen molar-refractivity contribution in [1.29, 1.82) is 0 Å². The molecule has 0 fully saturated rings. The lowest BCUT2D eigenvalue weighted by atomic mass is 10.3. The number of benzene rings is 1. The van der Waals surface area contributed by atoms with Crippen molar-refractivity contribution >= 4 is 68.4 Å². The van der Waals surface area contributed by atoms with Gasteiger partial charge in [-0.3, -0.25) is 0 Å². The molecule has 0 N–H and O–H groups in total. The van der Waals surface area contributed by atoms with Crippen LogP contribution in [-0.2, 0) is 0 Å². The van der Waals surface area contributed by atoms with Crippen molar-refractivity contribution in [3.63, 3.8) is 0 Å². The normalized spacial score (nSPS) is 11.0. The largest absolute Gasteiger partial charge is 0.142 e. The second-order valence-corrected chi connectivity index (χ2v) is 6.38. The number of rotatable bonds is 1. The zero-order chi connectivity index (χ0) is 9.42. The quantitative estimate of drug-likeness (QED) is 0.453.